The maximum absolute atomic E-state index is 11.1. The van der Waals surface area contributed by atoms with Crippen LogP contribution in [0.2, 0.25) is 0 Å². The molecule has 0 fully saturated rings. The lowest BCUT2D eigenvalue weighted by Gasteiger charge is -2.09. The fourth-order valence-electron chi connectivity index (χ4n) is 0.795. The molecule has 72 valence electrons. The number of hydrogen-bond acceptors (Lipinski definition) is 2. The van der Waals surface area contributed by atoms with E-state index in [-0.39, 0.29) is 5.91 Å². The van der Waals surface area contributed by atoms with Crippen molar-refractivity contribution >= 4 is 5.91 Å². The first-order valence-electron chi connectivity index (χ1n) is 4.51. The van der Waals surface area contributed by atoms with Gasteiger partial charge >= 0.3 is 0 Å². The highest BCUT2D eigenvalue weighted by Crippen LogP contribution is 2.05. The van der Waals surface area contributed by atoms with Gasteiger partial charge in [0.2, 0.25) is 5.91 Å². The molecule has 0 aromatic carbocycles. The maximum Gasteiger partial charge on any atom is 0.220 e. The van der Waals surface area contributed by atoms with Crippen LogP contribution in [0, 0.1) is 5.92 Å². The molecule has 1 unspecified atom stereocenters. The lowest BCUT2D eigenvalue weighted by Crippen LogP contribution is -2.31. The van der Waals surface area contributed by atoms with E-state index < -0.39 is 6.10 Å². The predicted octanol–water partition coefficient (Wildman–Crippen LogP) is 0.920. The van der Waals surface area contributed by atoms with Crippen LogP contribution in [0.3, 0.4) is 0 Å². The van der Waals surface area contributed by atoms with Gasteiger partial charge in [0.1, 0.15) is 0 Å². The summed E-state index contributed by atoms with van der Waals surface area (Å²) >= 11 is 0. The average Bonchev–Trinajstić information content (AvgIpc) is 2.00. The summed E-state index contributed by atoms with van der Waals surface area (Å²) in [6.45, 7) is 6.12. The van der Waals surface area contributed by atoms with Crippen molar-refractivity contribution in [2.24, 2.45) is 5.92 Å². The molecule has 3 nitrogen and oxygen atoms in total. The van der Waals surface area contributed by atoms with Crippen LogP contribution in [0.25, 0.3) is 0 Å². The van der Waals surface area contributed by atoms with Crippen molar-refractivity contribution in [1.82, 2.24) is 5.32 Å². The molecule has 0 aromatic heterocycles. The Balaban J connectivity index is 3.46. The molecule has 0 rings (SSSR count). The first kappa shape index (κ1) is 11.4. The van der Waals surface area contributed by atoms with Crippen LogP contribution in [0.15, 0.2) is 0 Å². The van der Waals surface area contributed by atoms with Crippen LogP contribution in [0.5, 0.6) is 0 Å². The normalized spacial score (nSPS) is 15.3. The Morgan fingerprint density at radius 3 is 2.50 bits per heavy atom. The molecule has 0 spiro atoms. The van der Waals surface area contributed by atoms with Gasteiger partial charge < -0.3 is 10.4 Å². The summed E-state index contributed by atoms with van der Waals surface area (Å²) in [5.41, 5.74) is 0. The van der Waals surface area contributed by atoms with Gasteiger partial charge in [0.15, 0.2) is 0 Å². The Kier molecular flexibility index (Phi) is 5.72. The highest BCUT2D eigenvalue weighted by molar-refractivity contribution is 5.76. The van der Waals surface area contributed by atoms with Gasteiger partial charge in [-0.25, -0.2) is 0 Å². The van der Waals surface area contributed by atoms with E-state index in [9.17, 15) is 4.79 Å². The van der Waals surface area contributed by atoms with Gasteiger partial charge in [0.25, 0.3) is 0 Å². The maximum atomic E-state index is 11.1. The van der Waals surface area contributed by atoms with Gasteiger partial charge in [0, 0.05) is 13.0 Å². The van der Waals surface area contributed by atoms with Crippen molar-refractivity contribution in [1.29, 1.82) is 0 Å². The molecule has 0 heterocycles. The standard InChI is InChI=1S/C9H19NO2/c1-4-7(2)5-9(12)10-6-8(3)11/h7-8,11H,4-6H2,1-3H3,(H,10,12)/t7?,8-/m0/s1. The van der Waals surface area contributed by atoms with E-state index in [1.165, 1.54) is 0 Å². The second-order valence-electron chi connectivity index (χ2n) is 3.37. The zero-order chi connectivity index (χ0) is 9.56. The number of carbonyl (C=O) groups is 1. The Morgan fingerprint density at radius 2 is 2.08 bits per heavy atom. The van der Waals surface area contributed by atoms with Gasteiger partial charge in [-0.1, -0.05) is 20.3 Å². The fraction of sp³-hybridized carbons (Fsp3) is 0.889. The Labute approximate surface area is 74.2 Å². The monoisotopic (exact) mass is 173 g/mol. The minimum atomic E-state index is -0.453. The quantitative estimate of drug-likeness (QED) is 0.649. The third-order valence-electron chi connectivity index (χ3n) is 1.83. The van der Waals surface area contributed by atoms with E-state index in [1.807, 2.05) is 6.92 Å². The SMILES string of the molecule is CCC(C)CC(=O)NC[C@H](C)O. The highest BCUT2D eigenvalue weighted by Gasteiger charge is 2.06. The molecule has 0 aliphatic carbocycles. The number of amides is 1. The number of nitrogens with one attached hydrogen (secondary N) is 1. The molecule has 1 amide bonds. The molecule has 0 aliphatic heterocycles. The summed E-state index contributed by atoms with van der Waals surface area (Å²) in [5, 5.41) is 11.5. The van der Waals surface area contributed by atoms with Crippen molar-refractivity contribution in [3.05, 3.63) is 0 Å². The lowest BCUT2D eigenvalue weighted by molar-refractivity contribution is -0.122. The molecule has 0 saturated carbocycles. The summed E-state index contributed by atoms with van der Waals surface area (Å²) in [7, 11) is 0. The van der Waals surface area contributed by atoms with E-state index in [2.05, 4.69) is 12.2 Å². The fourth-order valence-corrected chi connectivity index (χ4v) is 0.795. The van der Waals surface area contributed by atoms with Crippen molar-refractivity contribution in [3.8, 4) is 0 Å². The molecule has 12 heavy (non-hydrogen) atoms. The minimum Gasteiger partial charge on any atom is -0.392 e. The lowest BCUT2D eigenvalue weighted by atomic mass is 10.1. The van der Waals surface area contributed by atoms with Gasteiger partial charge in [-0.15, -0.1) is 0 Å². The van der Waals surface area contributed by atoms with Crippen molar-refractivity contribution in [2.75, 3.05) is 6.54 Å². The second kappa shape index (κ2) is 6.00. The van der Waals surface area contributed by atoms with E-state index in [0.717, 1.165) is 6.42 Å². The van der Waals surface area contributed by atoms with Gasteiger partial charge in [-0.2, -0.15) is 0 Å². The van der Waals surface area contributed by atoms with E-state index >= 15 is 0 Å². The molecule has 0 bridgehead atoms. The summed E-state index contributed by atoms with van der Waals surface area (Å²) < 4.78 is 0. The molecule has 2 N–H and O–H groups in total. The molecule has 0 aliphatic rings. The molecule has 0 aromatic rings. The van der Waals surface area contributed by atoms with Gasteiger partial charge in [0.05, 0.1) is 6.10 Å². The predicted molar refractivity (Wildman–Crippen MR) is 48.8 cm³/mol. The molecule has 2 atom stereocenters. The Bertz CT molecular complexity index is 134. The van der Waals surface area contributed by atoms with Crippen LogP contribution < -0.4 is 5.32 Å². The molecule has 0 radical (unpaired) electrons. The van der Waals surface area contributed by atoms with E-state index in [4.69, 9.17) is 5.11 Å². The van der Waals surface area contributed by atoms with E-state index in [0.29, 0.717) is 18.9 Å². The van der Waals surface area contributed by atoms with Crippen LogP contribution in [0.1, 0.15) is 33.6 Å². The second-order valence-corrected chi connectivity index (χ2v) is 3.37. The molecular weight excluding hydrogens is 154 g/mol. The van der Waals surface area contributed by atoms with Crippen LogP contribution in [-0.2, 0) is 4.79 Å². The van der Waals surface area contributed by atoms with Crippen LogP contribution in [-0.4, -0.2) is 23.7 Å². The number of hydrogen-bond donors (Lipinski definition) is 2. The number of aliphatic hydroxyl groups is 1. The van der Waals surface area contributed by atoms with Crippen LogP contribution in [0.4, 0.5) is 0 Å². The third kappa shape index (κ3) is 6.16. The topological polar surface area (TPSA) is 49.3 Å². The number of aliphatic hydroxyl groups excluding tert-OH is 1. The number of rotatable bonds is 5. The zero-order valence-electron chi connectivity index (χ0n) is 8.13. The van der Waals surface area contributed by atoms with Crippen molar-refractivity contribution in [2.45, 2.75) is 39.7 Å². The average molecular weight is 173 g/mol. The van der Waals surface area contributed by atoms with Gasteiger partial charge in [-0.05, 0) is 12.8 Å². The third-order valence-corrected chi connectivity index (χ3v) is 1.83. The zero-order valence-corrected chi connectivity index (χ0v) is 8.13. The smallest absolute Gasteiger partial charge is 0.220 e. The molecule has 0 saturated heterocycles. The Morgan fingerprint density at radius 1 is 1.50 bits per heavy atom. The number of carbonyl (C=O) groups excluding carboxylic acids is 1. The summed E-state index contributed by atoms with van der Waals surface area (Å²) in [4.78, 5) is 11.1. The summed E-state index contributed by atoms with van der Waals surface area (Å²) in [6.07, 6.45) is 1.12. The molecule has 3 heteroatoms. The minimum absolute atomic E-state index is 0.0326. The first-order chi connectivity index (χ1) is 5.56. The largest absolute Gasteiger partial charge is 0.392 e. The summed E-state index contributed by atoms with van der Waals surface area (Å²) in [5.74, 6) is 0.462. The Hall–Kier alpha value is -0.570. The van der Waals surface area contributed by atoms with Crippen molar-refractivity contribution < 1.29 is 9.90 Å². The first-order valence-corrected chi connectivity index (χ1v) is 4.51. The van der Waals surface area contributed by atoms with Crippen molar-refractivity contribution in [3.63, 3.8) is 0 Å². The van der Waals surface area contributed by atoms with Gasteiger partial charge in [-0.3, -0.25) is 4.79 Å². The van der Waals surface area contributed by atoms with Crippen LogP contribution >= 0.6 is 0 Å². The molecular formula is C9H19NO2. The highest BCUT2D eigenvalue weighted by atomic mass is 16.3. The van der Waals surface area contributed by atoms with E-state index in [1.54, 1.807) is 6.92 Å². The summed E-state index contributed by atoms with van der Waals surface area (Å²) in [6, 6.07) is 0.